The van der Waals surface area contributed by atoms with Crippen molar-refractivity contribution in [3.05, 3.63) is 68.7 Å². The van der Waals surface area contributed by atoms with Gasteiger partial charge in [0, 0.05) is 22.5 Å². The zero-order chi connectivity index (χ0) is 17.1. The monoisotopic (exact) mass is 401 g/mol. The predicted molar refractivity (Wildman–Crippen MR) is 103 cm³/mol. The van der Waals surface area contributed by atoms with Crippen molar-refractivity contribution in [1.29, 1.82) is 0 Å². The van der Waals surface area contributed by atoms with E-state index in [0.717, 1.165) is 31.8 Å². The highest BCUT2D eigenvalue weighted by molar-refractivity contribution is 9.10. The molecule has 122 valence electrons. The number of aromatic hydroxyl groups is 1. The van der Waals surface area contributed by atoms with E-state index in [0.29, 0.717) is 0 Å². The lowest BCUT2D eigenvalue weighted by atomic mass is 10.1. The number of rotatable bonds is 3. The maximum Gasteiger partial charge on any atom is 0.205 e. The Morgan fingerprint density at radius 3 is 2.58 bits per heavy atom. The third-order valence-electron chi connectivity index (χ3n) is 3.53. The summed E-state index contributed by atoms with van der Waals surface area (Å²) in [6.07, 6.45) is 0. The summed E-state index contributed by atoms with van der Waals surface area (Å²) in [6, 6.07) is 15.1. The molecule has 0 atom stereocenters. The number of thiazole rings is 1. The molecule has 0 saturated carbocycles. The van der Waals surface area contributed by atoms with Crippen LogP contribution in [0.4, 0.5) is 0 Å². The Balaban J connectivity index is 2.12. The van der Waals surface area contributed by atoms with E-state index in [9.17, 15) is 5.11 Å². The number of nitrogens with zero attached hydrogens (tertiary/aromatic N) is 3. The van der Waals surface area contributed by atoms with E-state index in [1.807, 2.05) is 41.9 Å². The molecule has 0 aliphatic carbocycles. The highest BCUT2D eigenvalue weighted by Crippen LogP contribution is 2.24. The Bertz CT molecular complexity index is 955. The minimum absolute atomic E-state index is 0.244. The standard InChI is InChI=1S/C18H16BrN3OS/c1-12(13-6-8-16(23)9-7-13)21-22-17(11-24-18(22)20-2)14-4-3-5-15(19)10-14/h3-11,23H,1-2H3. The van der Waals surface area contributed by atoms with Gasteiger partial charge in [-0.2, -0.15) is 5.10 Å². The fourth-order valence-electron chi connectivity index (χ4n) is 2.30. The van der Waals surface area contributed by atoms with Crippen LogP contribution in [0.15, 0.2) is 68.5 Å². The Kier molecular flexibility index (Phi) is 4.97. The summed E-state index contributed by atoms with van der Waals surface area (Å²) in [5.41, 5.74) is 3.85. The number of phenolic OH excluding ortho intramolecular Hbond substituents is 1. The van der Waals surface area contributed by atoms with Crippen molar-refractivity contribution in [1.82, 2.24) is 4.68 Å². The Labute approximate surface area is 152 Å². The van der Waals surface area contributed by atoms with Gasteiger partial charge >= 0.3 is 0 Å². The zero-order valence-electron chi connectivity index (χ0n) is 13.3. The molecule has 0 aliphatic heterocycles. The van der Waals surface area contributed by atoms with E-state index < -0.39 is 0 Å². The summed E-state index contributed by atoms with van der Waals surface area (Å²) in [4.78, 5) is 5.14. The first-order valence-corrected chi connectivity index (χ1v) is 9.00. The molecule has 0 fully saturated rings. The van der Waals surface area contributed by atoms with Gasteiger partial charge in [-0.15, -0.1) is 11.3 Å². The number of phenols is 1. The molecule has 0 unspecified atom stereocenters. The normalized spacial score (nSPS) is 12.6. The maximum atomic E-state index is 9.43. The average molecular weight is 402 g/mol. The first-order valence-electron chi connectivity index (χ1n) is 7.33. The number of aromatic nitrogens is 1. The van der Waals surface area contributed by atoms with Gasteiger partial charge in [-0.3, -0.25) is 4.99 Å². The Morgan fingerprint density at radius 1 is 1.17 bits per heavy atom. The van der Waals surface area contributed by atoms with E-state index in [2.05, 4.69) is 32.4 Å². The molecule has 1 N–H and O–H groups in total. The van der Waals surface area contributed by atoms with E-state index in [1.165, 1.54) is 0 Å². The van der Waals surface area contributed by atoms with Gasteiger partial charge in [0.1, 0.15) is 5.75 Å². The molecule has 3 aromatic rings. The van der Waals surface area contributed by atoms with Crippen molar-refractivity contribution in [3.8, 4) is 17.0 Å². The molecular formula is C18H16BrN3OS. The number of hydrogen-bond acceptors (Lipinski definition) is 4. The molecule has 0 amide bonds. The second-order valence-corrected chi connectivity index (χ2v) is 6.93. The third kappa shape index (κ3) is 3.49. The number of halogens is 1. The molecule has 0 spiro atoms. The first-order chi connectivity index (χ1) is 11.6. The fourth-order valence-corrected chi connectivity index (χ4v) is 3.50. The van der Waals surface area contributed by atoms with Gasteiger partial charge in [0.25, 0.3) is 0 Å². The highest BCUT2D eigenvalue weighted by atomic mass is 79.9. The lowest BCUT2D eigenvalue weighted by Gasteiger charge is -2.07. The molecule has 0 bridgehead atoms. The van der Waals surface area contributed by atoms with Crippen LogP contribution in [0.1, 0.15) is 12.5 Å². The largest absolute Gasteiger partial charge is 0.508 e. The van der Waals surface area contributed by atoms with Gasteiger partial charge in [-0.05, 0) is 48.9 Å². The Morgan fingerprint density at radius 2 is 1.92 bits per heavy atom. The summed E-state index contributed by atoms with van der Waals surface area (Å²) in [6.45, 7) is 1.95. The molecule has 0 radical (unpaired) electrons. The summed E-state index contributed by atoms with van der Waals surface area (Å²) in [5, 5.41) is 16.2. The average Bonchev–Trinajstić information content (AvgIpc) is 2.98. The summed E-state index contributed by atoms with van der Waals surface area (Å²) < 4.78 is 2.88. The van der Waals surface area contributed by atoms with Crippen molar-refractivity contribution in [2.75, 3.05) is 7.05 Å². The predicted octanol–water partition coefficient (Wildman–Crippen LogP) is 4.49. The van der Waals surface area contributed by atoms with Crippen LogP contribution >= 0.6 is 27.3 Å². The molecule has 1 aromatic heterocycles. The van der Waals surface area contributed by atoms with Crippen LogP contribution < -0.4 is 4.80 Å². The molecule has 4 nitrogen and oxygen atoms in total. The second kappa shape index (κ2) is 7.15. The molecule has 0 saturated heterocycles. The van der Waals surface area contributed by atoms with Crippen LogP contribution in [0.2, 0.25) is 0 Å². The fraction of sp³-hybridized carbons (Fsp3) is 0.111. The van der Waals surface area contributed by atoms with Gasteiger partial charge in [-0.25, -0.2) is 4.68 Å². The van der Waals surface area contributed by atoms with Gasteiger partial charge < -0.3 is 5.11 Å². The van der Waals surface area contributed by atoms with Gasteiger partial charge in [0.2, 0.25) is 4.80 Å². The minimum atomic E-state index is 0.244. The lowest BCUT2D eigenvalue weighted by molar-refractivity contribution is 0.475. The van der Waals surface area contributed by atoms with Gasteiger partial charge in [-0.1, -0.05) is 28.1 Å². The summed E-state index contributed by atoms with van der Waals surface area (Å²) >= 11 is 5.06. The lowest BCUT2D eigenvalue weighted by Crippen LogP contribution is -2.13. The van der Waals surface area contributed by atoms with Crippen molar-refractivity contribution < 1.29 is 5.11 Å². The van der Waals surface area contributed by atoms with Gasteiger partial charge in [0.15, 0.2) is 0 Å². The van der Waals surface area contributed by atoms with E-state index >= 15 is 0 Å². The summed E-state index contributed by atoms with van der Waals surface area (Å²) in [7, 11) is 1.76. The molecule has 2 aromatic carbocycles. The zero-order valence-corrected chi connectivity index (χ0v) is 15.7. The van der Waals surface area contributed by atoms with Crippen molar-refractivity contribution in [2.24, 2.45) is 10.1 Å². The molecule has 6 heteroatoms. The van der Waals surface area contributed by atoms with Crippen LogP contribution in [0, 0.1) is 0 Å². The van der Waals surface area contributed by atoms with Gasteiger partial charge in [0.05, 0.1) is 11.4 Å². The van der Waals surface area contributed by atoms with Crippen LogP contribution in [-0.4, -0.2) is 22.5 Å². The maximum absolute atomic E-state index is 9.43. The van der Waals surface area contributed by atoms with Crippen LogP contribution in [-0.2, 0) is 0 Å². The summed E-state index contributed by atoms with van der Waals surface area (Å²) in [5.74, 6) is 0.244. The smallest absolute Gasteiger partial charge is 0.205 e. The van der Waals surface area contributed by atoms with E-state index in [-0.39, 0.29) is 5.75 Å². The molecule has 3 rings (SSSR count). The first kappa shape index (κ1) is 16.7. The molecule has 24 heavy (non-hydrogen) atoms. The van der Waals surface area contributed by atoms with E-state index in [1.54, 1.807) is 30.5 Å². The second-order valence-electron chi connectivity index (χ2n) is 5.18. The molecular weight excluding hydrogens is 386 g/mol. The van der Waals surface area contributed by atoms with E-state index in [4.69, 9.17) is 5.10 Å². The topological polar surface area (TPSA) is 49.9 Å². The SMILES string of the molecule is CN=c1scc(-c2cccc(Br)c2)n1N=C(C)c1ccc(O)cc1. The van der Waals surface area contributed by atoms with Crippen molar-refractivity contribution >= 4 is 33.0 Å². The Hall–Kier alpha value is -2.18. The quantitative estimate of drug-likeness (QED) is 0.645. The molecule has 0 aliphatic rings. The number of benzene rings is 2. The minimum Gasteiger partial charge on any atom is -0.508 e. The highest BCUT2D eigenvalue weighted by Gasteiger charge is 2.09. The van der Waals surface area contributed by atoms with Crippen molar-refractivity contribution in [3.63, 3.8) is 0 Å². The number of hydrogen-bond donors (Lipinski definition) is 1. The van der Waals surface area contributed by atoms with Crippen LogP contribution in [0.25, 0.3) is 11.3 Å². The van der Waals surface area contributed by atoms with Crippen molar-refractivity contribution in [2.45, 2.75) is 6.92 Å². The molecule has 1 heterocycles. The van der Waals surface area contributed by atoms with Crippen LogP contribution in [0.3, 0.4) is 0 Å². The third-order valence-corrected chi connectivity index (χ3v) is 4.93. The van der Waals surface area contributed by atoms with Crippen LogP contribution in [0.5, 0.6) is 5.75 Å².